The highest BCUT2D eigenvalue weighted by atomic mass is 79.9. The smallest absolute Gasteiger partial charge is 0.330 e. The number of benzene rings is 1. The van der Waals surface area contributed by atoms with Gasteiger partial charge in [0.05, 0.1) is 32.0 Å². The van der Waals surface area contributed by atoms with Crippen LogP contribution in [0.1, 0.15) is 5.56 Å². The lowest BCUT2D eigenvalue weighted by Gasteiger charge is -2.35. The van der Waals surface area contributed by atoms with Crippen molar-refractivity contribution in [3.05, 3.63) is 28.2 Å². The van der Waals surface area contributed by atoms with E-state index >= 15 is 0 Å². The Hall–Kier alpha value is -1.58. The largest absolute Gasteiger partial charge is 0.467 e. The summed E-state index contributed by atoms with van der Waals surface area (Å²) in [6, 6.07) is 6.99. The van der Waals surface area contributed by atoms with E-state index in [4.69, 9.17) is 14.7 Å². The number of carbonyl (C=O) groups excluding carboxylic acids is 1. The molecule has 0 radical (unpaired) electrons. The Balaban J connectivity index is 2.35. The van der Waals surface area contributed by atoms with Gasteiger partial charge in [0.15, 0.2) is 6.04 Å². The van der Waals surface area contributed by atoms with E-state index in [-0.39, 0.29) is 5.97 Å². The van der Waals surface area contributed by atoms with Gasteiger partial charge in [-0.3, -0.25) is 0 Å². The van der Waals surface area contributed by atoms with Gasteiger partial charge in [0.1, 0.15) is 0 Å². The molecule has 0 N–H and O–H groups in total. The van der Waals surface area contributed by atoms with Gasteiger partial charge in [0, 0.05) is 16.7 Å². The summed E-state index contributed by atoms with van der Waals surface area (Å²) in [6.07, 6.45) is 0. The third-order valence-corrected chi connectivity index (χ3v) is 3.40. The van der Waals surface area contributed by atoms with Crippen molar-refractivity contribution in [3.63, 3.8) is 0 Å². The van der Waals surface area contributed by atoms with Gasteiger partial charge in [0.2, 0.25) is 0 Å². The van der Waals surface area contributed by atoms with Crippen molar-refractivity contribution in [1.82, 2.24) is 0 Å². The van der Waals surface area contributed by atoms with Gasteiger partial charge >= 0.3 is 5.97 Å². The van der Waals surface area contributed by atoms with Crippen LogP contribution in [0.5, 0.6) is 0 Å². The first-order valence-corrected chi connectivity index (χ1v) is 6.58. The number of hydrogen-bond acceptors (Lipinski definition) is 5. The predicted molar refractivity (Wildman–Crippen MR) is 72.8 cm³/mol. The lowest BCUT2D eigenvalue weighted by molar-refractivity contribution is -0.144. The summed E-state index contributed by atoms with van der Waals surface area (Å²) in [6.45, 7) is 1.42. The molecule has 0 saturated carbocycles. The molecule has 1 heterocycles. The number of nitriles is 1. The molecule has 1 aliphatic rings. The van der Waals surface area contributed by atoms with Crippen LogP contribution in [0.2, 0.25) is 0 Å². The van der Waals surface area contributed by atoms with E-state index in [0.717, 1.165) is 10.2 Å². The summed E-state index contributed by atoms with van der Waals surface area (Å²) in [5, 5.41) is 9.00. The van der Waals surface area contributed by atoms with E-state index in [0.29, 0.717) is 25.3 Å². The van der Waals surface area contributed by atoms with Gasteiger partial charge < -0.3 is 14.4 Å². The predicted octanol–water partition coefficient (Wildman–Crippen LogP) is 1.70. The maximum absolute atomic E-state index is 11.8. The highest BCUT2D eigenvalue weighted by Crippen LogP contribution is 2.26. The second-order valence-electron chi connectivity index (χ2n) is 4.12. The molecular formula is C13H13BrN2O3. The van der Waals surface area contributed by atoms with E-state index < -0.39 is 6.04 Å². The molecule has 1 unspecified atom stereocenters. The summed E-state index contributed by atoms with van der Waals surface area (Å²) in [7, 11) is 1.36. The molecule has 1 fully saturated rings. The van der Waals surface area contributed by atoms with Gasteiger partial charge in [-0.05, 0) is 18.2 Å². The van der Waals surface area contributed by atoms with Gasteiger partial charge in [-0.15, -0.1) is 0 Å². The Kier molecular flexibility index (Phi) is 4.40. The molecule has 0 amide bonds. The second kappa shape index (κ2) is 6.04. The van der Waals surface area contributed by atoms with Gasteiger partial charge in [-0.25, -0.2) is 4.79 Å². The molecule has 1 saturated heterocycles. The molecule has 1 aromatic rings. The van der Waals surface area contributed by atoms with E-state index in [9.17, 15) is 4.79 Å². The lowest BCUT2D eigenvalue weighted by atomic mass is 10.1. The highest BCUT2D eigenvalue weighted by molar-refractivity contribution is 9.10. The first-order chi connectivity index (χ1) is 9.15. The average Bonchev–Trinajstić information content (AvgIpc) is 2.45. The van der Waals surface area contributed by atoms with Crippen molar-refractivity contribution in [2.24, 2.45) is 0 Å². The van der Waals surface area contributed by atoms with Crippen molar-refractivity contribution in [2.45, 2.75) is 6.04 Å². The second-order valence-corrected chi connectivity index (χ2v) is 5.03. The molecule has 1 aromatic carbocycles. The first-order valence-electron chi connectivity index (χ1n) is 5.78. The minimum atomic E-state index is -0.473. The molecule has 0 aromatic heterocycles. The van der Waals surface area contributed by atoms with E-state index in [1.165, 1.54) is 7.11 Å². The zero-order chi connectivity index (χ0) is 13.8. The van der Waals surface area contributed by atoms with Crippen LogP contribution in [0, 0.1) is 11.3 Å². The third-order valence-electron chi connectivity index (χ3n) is 2.95. The summed E-state index contributed by atoms with van der Waals surface area (Å²) >= 11 is 3.37. The van der Waals surface area contributed by atoms with Crippen molar-refractivity contribution >= 4 is 27.6 Å². The number of rotatable bonds is 2. The molecule has 0 aliphatic carbocycles. The highest BCUT2D eigenvalue weighted by Gasteiger charge is 2.30. The maximum Gasteiger partial charge on any atom is 0.330 e. The monoisotopic (exact) mass is 324 g/mol. The zero-order valence-corrected chi connectivity index (χ0v) is 12.0. The topological polar surface area (TPSA) is 62.6 Å². The number of halogens is 1. The Morgan fingerprint density at radius 1 is 1.58 bits per heavy atom. The standard InChI is InChI=1S/C13H13BrN2O3/c1-18-13(17)12-8-19-3-2-16(12)11-5-9(7-15)4-10(14)6-11/h4-6,12H,2-3,8H2,1H3. The van der Waals surface area contributed by atoms with Crippen LogP contribution < -0.4 is 4.90 Å². The van der Waals surface area contributed by atoms with Crippen LogP contribution in [-0.4, -0.2) is 38.9 Å². The van der Waals surface area contributed by atoms with Gasteiger partial charge in [0.25, 0.3) is 0 Å². The van der Waals surface area contributed by atoms with Crippen LogP contribution in [0.15, 0.2) is 22.7 Å². The molecule has 6 heteroatoms. The van der Waals surface area contributed by atoms with Crippen molar-refractivity contribution < 1.29 is 14.3 Å². The number of ether oxygens (including phenoxy) is 2. The molecule has 0 spiro atoms. The van der Waals surface area contributed by atoms with Crippen LogP contribution in [-0.2, 0) is 14.3 Å². The SMILES string of the molecule is COC(=O)C1COCCN1c1cc(Br)cc(C#N)c1. The summed E-state index contributed by atoms with van der Waals surface area (Å²) in [4.78, 5) is 13.7. The first kappa shape index (κ1) is 13.8. The number of anilines is 1. The number of carbonyl (C=O) groups is 1. The molecule has 0 bridgehead atoms. The molecule has 1 atom stereocenters. The molecule has 100 valence electrons. The van der Waals surface area contributed by atoms with Crippen LogP contribution in [0.25, 0.3) is 0 Å². The van der Waals surface area contributed by atoms with Crippen LogP contribution >= 0.6 is 15.9 Å². The number of methoxy groups -OCH3 is 1. The maximum atomic E-state index is 11.8. The van der Waals surface area contributed by atoms with Crippen LogP contribution in [0.4, 0.5) is 5.69 Å². The van der Waals surface area contributed by atoms with Crippen LogP contribution in [0.3, 0.4) is 0 Å². The average molecular weight is 325 g/mol. The Morgan fingerprint density at radius 2 is 2.37 bits per heavy atom. The Labute approximate surface area is 119 Å². The Morgan fingerprint density at radius 3 is 3.05 bits per heavy atom. The number of morpholine rings is 1. The van der Waals surface area contributed by atoms with Crippen molar-refractivity contribution in [3.8, 4) is 6.07 Å². The number of esters is 1. The fourth-order valence-corrected chi connectivity index (χ4v) is 2.53. The molecule has 1 aliphatic heterocycles. The zero-order valence-electron chi connectivity index (χ0n) is 10.4. The number of nitrogens with zero attached hydrogens (tertiary/aromatic N) is 2. The molecule has 5 nitrogen and oxygen atoms in total. The lowest BCUT2D eigenvalue weighted by Crippen LogP contribution is -2.50. The molecule has 19 heavy (non-hydrogen) atoms. The summed E-state index contributed by atoms with van der Waals surface area (Å²) in [5.41, 5.74) is 1.35. The van der Waals surface area contributed by atoms with E-state index in [2.05, 4.69) is 22.0 Å². The third kappa shape index (κ3) is 3.06. The summed E-state index contributed by atoms with van der Waals surface area (Å²) in [5.74, 6) is -0.335. The van der Waals surface area contributed by atoms with E-state index in [1.807, 2.05) is 11.0 Å². The molecular weight excluding hydrogens is 312 g/mol. The minimum Gasteiger partial charge on any atom is -0.467 e. The fraction of sp³-hybridized carbons (Fsp3) is 0.385. The Bertz CT molecular complexity index is 527. The normalized spacial score (nSPS) is 18.8. The minimum absolute atomic E-state index is 0.293. The quantitative estimate of drug-likeness (QED) is 0.775. The van der Waals surface area contributed by atoms with Crippen molar-refractivity contribution in [1.29, 1.82) is 5.26 Å². The molecule has 2 rings (SSSR count). The summed E-state index contributed by atoms with van der Waals surface area (Å²) < 4.78 is 10.9. The fourth-order valence-electron chi connectivity index (χ4n) is 2.05. The van der Waals surface area contributed by atoms with Gasteiger partial charge in [-0.2, -0.15) is 5.26 Å². The van der Waals surface area contributed by atoms with Crippen molar-refractivity contribution in [2.75, 3.05) is 31.8 Å². The number of hydrogen-bond donors (Lipinski definition) is 0. The van der Waals surface area contributed by atoms with E-state index in [1.54, 1.807) is 12.1 Å². The van der Waals surface area contributed by atoms with Gasteiger partial charge in [-0.1, -0.05) is 15.9 Å².